The van der Waals surface area contributed by atoms with Crippen molar-refractivity contribution in [2.75, 3.05) is 26.8 Å². The predicted octanol–water partition coefficient (Wildman–Crippen LogP) is 2.01. The van der Waals surface area contributed by atoms with Crippen LogP contribution in [0.4, 0.5) is 0 Å². The normalized spacial score (nSPS) is 19.9. The molecule has 0 atom stereocenters. The van der Waals surface area contributed by atoms with Gasteiger partial charge < -0.3 is 10.1 Å². The molecule has 0 spiro atoms. The van der Waals surface area contributed by atoms with E-state index in [1.807, 2.05) is 7.05 Å². The minimum atomic E-state index is 0.355. The molecular weight excluding hydrogens is 220 g/mol. The molecule has 2 heterocycles. The van der Waals surface area contributed by atoms with Crippen molar-refractivity contribution < 1.29 is 4.74 Å². The van der Waals surface area contributed by atoms with Crippen LogP contribution in [0.15, 0.2) is 5.38 Å². The van der Waals surface area contributed by atoms with Crippen molar-refractivity contribution in [2.24, 2.45) is 5.41 Å². The van der Waals surface area contributed by atoms with Crippen LogP contribution in [-0.2, 0) is 11.2 Å². The summed E-state index contributed by atoms with van der Waals surface area (Å²) < 4.78 is 5.47. The van der Waals surface area contributed by atoms with Crippen LogP contribution in [-0.4, -0.2) is 31.8 Å². The van der Waals surface area contributed by atoms with Gasteiger partial charge in [0, 0.05) is 25.1 Å². The zero-order valence-electron chi connectivity index (χ0n) is 10.1. The molecule has 1 aliphatic heterocycles. The van der Waals surface area contributed by atoms with Crippen LogP contribution in [0, 0.1) is 12.3 Å². The van der Waals surface area contributed by atoms with Crippen molar-refractivity contribution in [3.05, 3.63) is 16.1 Å². The highest BCUT2D eigenvalue weighted by Crippen LogP contribution is 2.33. The molecule has 0 bridgehead atoms. The maximum absolute atomic E-state index is 5.47. The van der Waals surface area contributed by atoms with E-state index in [0.717, 1.165) is 39.0 Å². The maximum atomic E-state index is 5.47. The first-order valence-electron chi connectivity index (χ1n) is 5.87. The number of hydrogen-bond acceptors (Lipinski definition) is 4. The van der Waals surface area contributed by atoms with Crippen molar-refractivity contribution in [3.8, 4) is 0 Å². The van der Waals surface area contributed by atoms with Crippen LogP contribution in [0.5, 0.6) is 0 Å². The Morgan fingerprint density at radius 3 is 2.81 bits per heavy atom. The van der Waals surface area contributed by atoms with Gasteiger partial charge in [0.25, 0.3) is 0 Å². The van der Waals surface area contributed by atoms with Gasteiger partial charge in [0.2, 0.25) is 0 Å². The summed E-state index contributed by atoms with van der Waals surface area (Å²) in [5.74, 6) is 0. The van der Waals surface area contributed by atoms with Gasteiger partial charge in [-0.05, 0) is 38.6 Å². The molecule has 0 saturated carbocycles. The van der Waals surface area contributed by atoms with Gasteiger partial charge in [-0.15, -0.1) is 11.3 Å². The number of nitrogens with zero attached hydrogens (tertiary/aromatic N) is 1. The number of nitrogens with one attached hydrogen (secondary N) is 1. The van der Waals surface area contributed by atoms with E-state index in [1.54, 1.807) is 11.3 Å². The van der Waals surface area contributed by atoms with Crippen LogP contribution in [0.2, 0.25) is 0 Å². The lowest BCUT2D eigenvalue weighted by Crippen LogP contribution is -2.39. The fourth-order valence-electron chi connectivity index (χ4n) is 2.47. The van der Waals surface area contributed by atoms with E-state index in [-0.39, 0.29) is 0 Å². The monoisotopic (exact) mass is 240 g/mol. The third kappa shape index (κ3) is 2.81. The van der Waals surface area contributed by atoms with Crippen LogP contribution >= 0.6 is 11.3 Å². The molecule has 0 aliphatic carbocycles. The van der Waals surface area contributed by atoms with Gasteiger partial charge >= 0.3 is 0 Å². The molecule has 1 aromatic heterocycles. The first kappa shape index (κ1) is 12.0. The third-order valence-electron chi connectivity index (χ3n) is 3.33. The fraction of sp³-hybridized carbons (Fsp3) is 0.750. The Morgan fingerprint density at radius 1 is 1.50 bits per heavy atom. The second-order valence-electron chi connectivity index (χ2n) is 4.68. The van der Waals surface area contributed by atoms with Crippen molar-refractivity contribution >= 4 is 11.3 Å². The van der Waals surface area contributed by atoms with Gasteiger partial charge in [-0.1, -0.05) is 0 Å². The van der Waals surface area contributed by atoms with Gasteiger partial charge in [-0.3, -0.25) is 0 Å². The Kier molecular flexibility index (Phi) is 3.95. The number of hydrogen-bond donors (Lipinski definition) is 1. The van der Waals surface area contributed by atoms with Gasteiger partial charge in [0.15, 0.2) is 0 Å². The minimum Gasteiger partial charge on any atom is -0.381 e. The molecule has 4 heteroatoms. The molecular formula is C12H20N2OS. The molecule has 0 amide bonds. The van der Waals surface area contributed by atoms with E-state index in [4.69, 9.17) is 4.74 Å². The van der Waals surface area contributed by atoms with Gasteiger partial charge in [-0.25, -0.2) is 4.98 Å². The SMILES string of the molecule is CNCC1(Cc2csc(C)n2)CCOCC1. The van der Waals surface area contributed by atoms with Gasteiger partial charge in [0.05, 0.1) is 10.7 Å². The minimum absolute atomic E-state index is 0.355. The smallest absolute Gasteiger partial charge is 0.0897 e. The topological polar surface area (TPSA) is 34.2 Å². The molecule has 2 rings (SSSR count). The lowest BCUT2D eigenvalue weighted by atomic mass is 9.76. The summed E-state index contributed by atoms with van der Waals surface area (Å²) in [4.78, 5) is 4.58. The fourth-order valence-corrected chi connectivity index (χ4v) is 3.08. The van der Waals surface area contributed by atoms with Crippen LogP contribution < -0.4 is 5.32 Å². The Morgan fingerprint density at radius 2 is 2.25 bits per heavy atom. The largest absolute Gasteiger partial charge is 0.381 e. The zero-order chi connectivity index (χ0) is 11.4. The summed E-state index contributed by atoms with van der Waals surface area (Å²) in [5, 5.41) is 6.69. The molecule has 0 aromatic carbocycles. The van der Waals surface area contributed by atoms with Crippen molar-refractivity contribution in [1.29, 1.82) is 0 Å². The number of aryl methyl sites for hydroxylation is 1. The number of thiazole rings is 1. The van der Waals surface area contributed by atoms with E-state index in [1.165, 1.54) is 10.7 Å². The number of rotatable bonds is 4. The molecule has 0 unspecified atom stereocenters. The summed E-state index contributed by atoms with van der Waals surface area (Å²) in [5.41, 5.74) is 1.60. The molecule has 1 saturated heterocycles. The highest BCUT2D eigenvalue weighted by molar-refractivity contribution is 7.09. The van der Waals surface area contributed by atoms with E-state index in [0.29, 0.717) is 5.41 Å². The maximum Gasteiger partial charge on any atom is 0.0897 e. The predicted molar refractivity (Wildman–Crippen MR) is 67.0 cm³/mol. The Balaban J connectivity index is 2.06. The van der Waals surface area contributed by atoms with E-state index in [2.05, 4.69) is 22.6 Å². The quantitative estimate of drug-likeness (QED) is 0.874. The highest BCUT2D eigenvalue weighted by atomic mass is 32.1. The molecule has 90 valence electrons. The average Bonchev–Trinajstić information content (AvgIpc) is 2.65. The summed E-state index contributed by atoms with van der Waals surface area (Å²) in [6.45, 7) is 4.92. The van der Waals surface area contributed by atoms with Crippen LogP contribution in [0.3, 0.4) is 0 Å². The first-order chi connectivity index (χ1) is 7.74. The number of aromatic nitrogens is 1. The molecule has 0 radical (unpaired) electrons. The Labute approximate surface area is 101 Å². The van der Waals surface area contributed by atoms with Crippen LogP contribution in [0.25, 0.3) is 0 Å². The number of ether oxygens (including phenoxy) is 1. The summed E-state index contributed by atoms with van der Waals surface area (Å²) >= 11 is 1.75. The molecule has 1 aromatic rings. The third-order valence-corrected chi connectivity index (χ3v) is 4.15. The molecule has 1 N–H and O–H groups in total. The zero-order valence-corrected chi connectivity index (χ0v) is 10.9. The molecule has 16 heavy (non-hydrogen) atoms. The first-order valence-corrected chi connectivity index (χ1v) is 6.75. The van der Waals surface area contributed by atoms with Crippen molar-refractivity contribution in [2.45, 2.75) is 26.2 Å². The van der Waals surface area contributed by atoms with E-state index in [9.17, 15) is 0 Å². The second-order valence-corrected chi connectivity index (χ2v) is 5.74. The lowest BCUT2D eigenvalue weighted by molar-refractivity contribution is 0.0154. The summed E-state index contributed by atoms with van der Waals surface area (Å²) in [7, 11) is 2.03. The van der Waals surface area contributed by atoms with E-state index < -0.39 is 0 Å². The van der Waals surface area contributed by atoms with Crippen molar-refractivity contribution in [1.82, 2.24) is 10.3 Å². The van der Waals surface area contributed by atoms with Gasteiger partial charge in [0.1, 0.15) is 0 Å². The lowest BCUT2D eigenvalue weighted by Gasteiger charge is -2.36. The Bertz CT molecular complexity index is 326. The van der Waals surface area contributed by atoms with E-state index >= 15 is 0 Å². The molecule has 1 aliphatic rings. The second kappa shape index (κ2) is 5.25. The van der Waals surface area contributed by atoms with Gasteiger partial charge in [-0.2, -0.15) is 0 Å². The molecule has 3 nitrogen and oxygen atoms in total. The molecule has 1 fully saturated rings. The Hall–Kier alpha value is -0.450. The average molecular weight is 240 g/mol. The van der Waals surface area contributed by atoms with Crippen LogP contribution in [0.1, 0.15) is 23.5 Å². The standard InChI is InChI=1S/C12H20N2OS/c1-10-14-11(8-16-10)7-12(9-13-2)3-5-15-6-4-12/h8,13H,3-7,9H2,1-2H3. The summed E-state index contributed by atoms with van der Waals surface area (Å²) in [6, 6.07) is 0. The summed E-state index contributed by atoms with van der Waals surface area (Å²) in [6.07, 6.45) is 3.37. The van der Waals surface area contributed by atoms with Crippen molar-refractivity contribution in [3.63, 3.8) is 0 Å². The highest BCUT2D eigenvalue weighted by Gasteiger charge is 2.32.